The van der Waals surface area contributed by atoms with Crippen molar-refractivity contribution in [2.24, 2.45) is 0 Å². The first-order valence-corrected chi connectivity index (χ1v) is 13.1. The lowest BCUT2D eigenvalue weighted by molar-refractivity contribution is -0.118. The van der Waals surface area contributed by atoms with Crippen LogP contribution in [-0.2, 0) is 19.6 Å². The third-order valence-electron chi connectivity index (χ3n) is 5.39. The predicted octanol–water partition coefficient (Wildman–Crippen LogP) is 4.26. The zero-order chi connectivity index (χ0) is 25.7. The van der Waals surface area contributed by atoms with Crippen LogP contribution in [-0.4, -0.2) is 57.3 Å². The molecule has 1 fully saturated rings. The van der Waals surface area contributed by atoms with Gasteiger partial charge in [0, 0.05) is 34.3 Å². The van der Waals surface area contributed by atoms with E-state index >= 15 is 0 Å². The molecule has 4 rings (SSSR count). The molecule has 188 valence electrons. The number of hydrogen-bond acceptors (Lipinski definition) is 6. The van der Waals surface area contributed by atoms with Crippen molar-refractivity contribution in [1.29, 1.82) is 0 Å². The number of carbonyl (C=O) groups is 2. The first kappa shape index (κ1) is 26.1. The quantitative estimate of drug-likeness (QED) is 0.422. The molecule has 0 spiro atoms. The van der Waals surface area contributed by atoms with Crippen molar-refractivity contribution < 1.29 is 27.5 Å². The molecule has 0 bridgehead atoms. The number of ketones is 1. The average Bonchev–Trinajstić information content (AvgIpc) is 2.89. The standard InChI is InChI=1S/C25H22Cl2N2O6S/c26-18-6-8-21(20(14-18)25(31)17-4-2-1-3-5-17)28-24(30)16-35-22-9-7-19(27)15-23(22)36(32,33)29-10-12-34-13-11-29/h1-9,14-15H,10-13,16H2,(H,28,30). The van der Waals surface area contributed by atoms with Gasteiger partial charge in [-0.1, -0.05) is 53.5 Å². The Bertz CT molecular complexity index is 1380. The SMILES string of the molecule is O=C(COc1ccc(Cl)cc1S(=O)(=O)N1CCOCC1)Nc1ccc(Cl)cc1C(=O)c1ccccc1. The minimum atomic E-state index is -3.92. The number of nitrogens with one attached hydrogen (secondary N) is 1. The van der Waals surface area contributed by atoms with Crippen molar-refractivity contribution in [3.63, 3.8) is 0 Å². The van der Waals surface area contributed by atoms with Crippen LogP contribution in [0, 0.1) is 0 Å². The lowest BCUT2D eigenvalue weighted by Gasteiger charge is -2.26. The lowest BCUT2D eigenvalue weighted by atomic mass is 10.0. The lowest BCUT2D eigenvalue weighted by Crippen LogP contribution is -2.40. The summed E-state index contributed by atoms with van der Waals surface area (Å²) in [5.41, 5.74) is 0.897. The topological polar surface area (TPSA) is 102 Å². The molecule has 0 aliphatic carbocycles. The molecule has 0 aromatic heterocycles. The number of amides is 1. The summed E-state index contributed by atoms with van der Waals surface area (Å²) in [6.07, 6.45) is 0. The molecule has 36 heavy (non-hydrogen) atoms. The summed E-state index contributed by atoms with van der Waals surface area (Å²) < 4.78 is 38.4. The molecule has 0 radical (unpaired) electrons. The first-order valence-electron chi connectivity index (χ1n) is 10.9. The van der Waals surface area contributed by atoms with Gasteiger partial charge in [-0.15, -0.1) is 0 Å². The van der Waals surface area contributed by atoms with E-state index < -0.39 is 22.5 Å². The summed E-state index contributed by atoms with van der Waals surface area (Å²) in [6, 6.07) is 17.3. The molecule has 1 heterocycles. The smallest absolute Gasteiger partial charge is 0.262 e. The molecular weight excluding hydrogens is 527 g/mol. The summed E-state index contributed by atoms with van der Waals surface area (Å²) in [7, 11) is -3.92. The largest absolute Gasteiger partial charge is 0.482 e. The molecule has 0 atom stereocenters. The monoisotopic (exact) mass is 548 g/mol. The third-order valence-corrected chi connectivity index (χ3v) is 7.78. The third kappa shape index (κ3) is 6.05. The van der Waals surface area contributed by atoms with Gasteiger partial charge in [-0.25, -0.2) is 8.42 Å². The number of sulfonamides is 1. The number of nitrogens with zero attached hydrogens (tertiary/aromatic N) is 1. The van der Waals surface area contributed by atoms with E-state index in [1.54, 1.807) is 36.4 Å². The van der Waals surface area contributed by atoms with Crippen molar-refractivity contribution >= 4 is 50.6 Å². The molecule has 1 aliphatic rings. The zero-order valence-corrected chi connectivity index (χ0v) is 21.3. The Kier molecular flexibility index (Phi) is 8.28. The van der Waals surface area contributed by atoms with Crippen LogP contribution < -0.4 is 10.1 Å². The van der Waals surface area contributed by atoms with Gasteiger partial charge in [0.1, 0.15) is 10.6 Å². The van der Waals surface area contributed by atoms with Crippen LogP contribution in [0.5, 0.6) is 5.75 Å². The van der Waals surface area contributed by atoms with Crippen LogP contribution in [0.3, 0.4) is 0 Å². The fourth-order valence-electron chi connectivity index (χ4n) is 3.62. The van der Waals surface area contributed by atoms with Crippen LogP contribution in [0.15, 0.2) is 71.6 Å². The van der Waals surface area contributed by atoms with Crippen LogP contribution in [0.1, 0.15) is 15.9 Å². The van der Waals surface area contributed by atoms with Gasteiger partial charge in [-0.3, -0.25) is 9.59 Å². The van der Waals surface area contributed by atoms with Crippen molar-refractivity contribution in [2.45, 2.75) is 4.90 Å². The average molecular weight is 549 g/mol. The minimum Gasteiger partial charge on any atom is -0.482 e. The highest BCUT2D eigenvalue weighted by molar-refractivity contribution is 7.89. The van der Waals surface area contributed by atoms with Crippen molar-refractivity contribution in [3.8, 4) is 5.75 Å². The highest BCUT2D eigenvalue weighted by Gasteiger charge is 2.30. The van der Waals surface area contributed by atoms with Crippen LogP contribution in [0.4, 0.5) is 5.69 Å². The number of benzene rings is 3. The maximum atomic E-state index is 13.2. The Morgan fingerprint density at radius 1 is 0.944 bits per heavy atom. The second-order valence-corrected chi connectivity index (χ2v) is 10.6. The maximum absolute atomic E-state index is 13.2. The zero-order valence-electron chi connectivity index (χ0n) is 18.9. The second-order valence-electron chi connectivity index (χ2n) is 7.83. The van der Waals surface area contributed by atoms with Gasteiger partial charge in [-0.2, -0.15) is 4.31 Å². The Labute approximate surface area is 218 Å². The molecule has 8 nitrogen and oxygen atoms in total. The Morgan fingerprint density at radius 3 is 2.33 bits per heavy atom. The number of morpholine rings is 1. The molecule has 0 saturated carbocycles. The van der Waals surface area contributed by atoms with Crippen LogP contribution >= 0.6 is 23.2 Å². The predicted molar refractivity (Wildman–Crippen MR) is 136 cm³/mol. The maximum Gasteiger partial charge on any atom is 0.262 e. The van der Waals surface area contributed by atoms with Crippen molar-refractivity contribution in [1.82, 2.24) is 4.31 Å². The molecule has 1 N–H and O–H groups in total. The van der Waals surface area contributed by atoms with Gasteiger partial charge in [0.15, 0.2) is 12.4 Å². The van der Waals surface area contributed by atoms with Crippen molar-refractivity contribution in [2.75, 3.05) is 38.2 Å². The summed E-state index contributed by atoms with van der Waals surface area (Å²) in [6.45, 7) is 0.453. The highest BCUT2D eigenvalue weighted by atomic mass is 35.5. The van der Waals surface area contributed by atoms with Gasteiger partial charge in [0.25, 0.3) is 5.91 Å². The van der Waals surface area contributed by atoms with Gasteiger partial charge in [0.05, 0.1) is 18.9 Å². The Balaban J connectivity index is 1.51. The van der Waals surface area contributed by atoms with E-state index in [1.165, 1.54) is 34.6 Å². The number of hydrogen-bond donors (Lipinski definition) is 1. The Hall–Kier alpha value is -2.95. The molecule has 1 aliphatic heterocycles. The number of anilines is 1. The molecular formula is C25H22Cl2N2O6S. The van der Waals surface area contributed by atoms with E-state index in [4.69, 9.17) is 32.7 Å². The number of ether oxygens (including phenoxy) is 2. The first-order chi connectivity index (χ1) is 17.3. The van der Waals surface area contributed by atoms with Gasteiger partial charge in [-0.05, 0) is 36.4 Å². The van der Waals surface area contributed by atoms with E-state index in [1.807, 2.05) is 0 Å². The molecule has 0 unspecified atom stereocenters. The van der Waals surface area contributed by atoms with Crippen LogP contribution in [0.2, 0.25) is 10.0 Å². The molecule has 3 aromatic carbocycles. The molecule has 11 heteroatoms. The number of halogens is 2. The fourth-order valence-corrected chi connectivity index (χ4v) is 5.59. The van der Waals surface area contributed by atoms with Gasteiger partial charge < -0.3 is 14.8 Å². The summed E-state index contributed by atoms with van der Waals surface area (Å²) in [4.78, 5) is 25.6. The minimum absolute atomic E-state index is 0.0160. The van der Waals surface area contributed by atoms with E-state index in [2.05, 4.69) is 5.32 Å². The van der Waals surface area contributed by atoms with Gasteiger partial charge >= 0.3 is 0 Å². The summed E-state index contributed by atoms with van der Waals surface area (Å²) in [5, 5.41) is 3.19. The molecule has 3 aromatic rings. The van der Waals surface area contributed by atoms with E-state index in [9.17, 15) is 18.0 Å². The van der Waals surface area contributed by atoms with Gasteiger partial charge in [0.2, 0.25) is 10.0 Å². The molecule has 1 saturated heterocycles. The highest BCUT2D eigenvalue weighted by Crippen LogP contribution is 2.30. The van der Waals surface area contributed by atoms with E-state index in [0.717, 1.165) is 0 Å². The second kappa shape index (κ2) is 11.4. The number of carbonyl (C=O) groups excluding carboxylic acids is 2. The van der Waals surface area contributed by atoms with Crippen molar-refractivity contribution in [3.05, 3.63) is 87.9 Å². The van der Waals surface area contributed by atoms with E-state index in [-0.39, 0.29) is 59.0 Å². The molecule has 1 amide bonds. The fraction of sp³-hybridized carbons (Fsp3) is 0.200. The summed E-state index contributed by atoms with van der Waals surface area (Å²) in [5.74, 6) is -0.923. The normalized spacial score (nSPS) is 14.3. The number of rotatable bonds is 8. The van der Waals surface area contributed by atoms with E-state index in [0.29, 0.717) is 10.6 Å². The Morgan fingerprint density at radius 2 is 1.61 bits per heavy atom. The summed E-state index contributed by atoms with van der Waals surface area (Å²) >= 11 is 12.2. The van der Waals surface area contributed by atoms with Crippen LogP contribution in [0.25, 0.3) is 0 Å².